The number of nitrogens with zero attached hydrogens (tertiary/aromatic N) is 1. The molecule has 8 heteroatoms. The molecule has 0 unspecified atom stereocenters. The molecule has 1 aliphatic rings. The van der Waals surface area contributed by atoms with Crippen LogP contribution in [0, 0.1) is 0 Å². The van der Waals surface area contributed by atoms with E-state index in [1.165, 1.54) is 0 Å². The smallest absolute Gasteiger partial charge is 0.144 e. The summed E-state index contributed by atoms with van der Waals surface area (Å²) in [5.74, 6) is 0.371. The molecule has 1 aromatic heterocycles. The maximum atomic E-state index is 9.96. The largest absolute Gasteiger partial charge is 0.388 e. The standard InChI is InChI=1S/C12H11Cl3N2O3/c1-3-9(18)10(19)11(20-3)12-16-5-2-4(13)6(14)7(15)8(5)17-12/h2-3,9-11,18-19H,1H3,(H,16,17)/t3-,9-,10-,11-/m1/s1. The van der Waals surface area contributed by atoms with Gasteiger partial charge in [-0.3, -0.25) is 0 Å². The van der Waals surface area contributed by atoms with Crippen molar-refractivity contribution in [2.75, 3.05) is 0 Å². The Morgan fingerprint density at radius 3 is 2.50 bits per heavy atom. The number of rotatable bonds is 1. The Balaban J connectivity index is 2.08. The molecule has 1 aliphatic heterocycles. The first kappa shape index (κ1) is 14.4. The van der Waals surface area contributed by atoms with E-state index in [-0.39, 0.29) is 10.0 Å². The SMILES string of the molecule is C[C@H]1O[C@@H](c2nc3c(Cl)c(Cl)c(Cl)cc3[nH]2)[C@H](O)[C@@H]1O. The van der Waals surface area contributed by atoms with Crippen LogP contribution in [0.1, 0.15) is 18.9 Å². The second kappa shape index (κ2) is 5.02. The van der Waals surface area contributed by atoms with Crippen LogP contribution in [0.25, 0.3) is 11.0 Å². The molecule has 1 saturated heterocycles. The molecule has 1 aromatic carbocycles. The van der Waals surface area contributed by atoms with Crippen molar-refractivity contribution in [1.82, 2.24) is 9.97 Å². The highest BCUT2D eigenvalue weighted by Gasteiger charge is 2.42. The van der Waals surface area contributed by atoms with Gasteiger partial charge in [-0.05, 0) is 13.0 Å². The van der Waals surface area contributed by atoms with Gasteiger partial charge < -0.3 is 19.9 Å². The van der Waals surface area contributed by atoms with Crippen LogP contribution in [-0.2, 0) is 4.74 Å². The first-order valence-electron chi connectivity index (χ1n) is 5.95. The van der Waals surface area contributed by atoms with Crippen LogP contribution >= 0.6 is 34.8 Å². The molecule has 4 atom stereocenters. The third kappa shape index (κ3) is 2.09. The number of aromatic nitrogens is 2. The number of fused-ring (bicyclic) bond motifs is 1. The number of aliphatic hydroxyl groups excluding tert-OH is 2. The Bertz CT molecular complexity index is 676. The van der Waals surface area contributed by atoms with Gasteiger partial charge in [0.15, 0.2) is 0 Å². The van der Waals surface area contributed by atoms with E-state index in [1.807, 2.05) is 0 Å². The molecule has 0 saturated carbocycles. The highest BCUT2D eigenvalue weighted by atomic mass is 35.5. The molecule has 2 aromatic rings. The maximum Gasteiger partial charge on any atom is 0.144 e. The number of aliphatic hydroxyl groups is 2. The van der Waals surface area contributed by atoms with Gasteiger partial charge in [0.2, 0.25) is 0 Å². The lowest BCUT2D eigenvalue weighted by molar-refractivity contribution is 0.0103. The molecule has 0 bridgehead atoms. The Morgan fingerprint density at radius 1 is 1.20 bits per heavy atom. The van der Waals surface area contributed by atoms with Crippen LogP contribution in [0.2, 0.25) is 15.1 Å². The van der Waals surface area contributed by atoms with Gasteiger partial charge in [0.25, 0.3) is 0 Å². The first-order chi connectivity index (χ1) is 9.40. The first-order valence-corrected chi connectivity index (χ1v) is 7.08. The average Bonchev–Trinajstić information content (AvgIpc) is 2.93. The number of halogens is 3. The molecule has 0 amide bonds. The van der Waals surface area contributed by atoms with E-state index in [4.69, 9.17) is 39.5 Å². The van der Waals surface area contributed by atoms with Gasteiger partial charge in [0, 0.05) is 0 Å². The minimum Gasteiger partial charge on any atom is -0.388 e. The quantitative estimate of drug-likeness (QED) is 0.699. The molecule has 108 valence electrons. The van der Waals surface area contributed by atoms with Crippen LogP contribution in [0.3, 0.4) is 0 Å². The summed E-state index contributed by atoms with van der Waals surface area (Å²) < 4.78 is 5.50. The number of hydrogen-bond acceptors (Lipinski definition) is 4. The van der Waals surface area contributed by atoms with Crippen molar-refractivity contribution < 1.29 is 14.9 Å². The minimum absolute atomic E-state index is 0.222. The van der Waals surface area contributed by atoms with Gasteiger partial charge >= 0.3 is 0 Å². The van der Waals surface area contributed by atoms with Gasteiger partial charge in [0.1, 0.15) is 29.7 Å². The molecule has 2 heterocycles. The van der Waals surface area contributed by atoms with E-state index < -0.39 is 24.4 Å². The third-order valence-electron chi connectivity index (χ3n) is 3.40. The van der Waals surface area contributed by atoms with Crippen LogP contribution in [0.5, 0.6) is 0 Å². The van der Waals surface area contributed by atoms with Crippen LogP contribution in [0.15, 0.2) is 6.07 Å². The fourth-order valence-corrected chi connectivity index (χ4v) is 2.93. The van der Waals surface area contributed by atoms with Crippen molar-refractivity contribution in [1.29, 1.82) is 0 Å². The summed E-state index contributed by atoms with van der Waals surface area (Å²) in [4.78, 5) is 7.27. The van der Waals surface area contributed by atoms with E-state index in [1.54, 1.807) is 13.0 Å². The van der Waals surface area contributed by atoms with E-state index in [0.29, 0.717) is 21.9 Å². The van der Waals surface area contributed by atoms with E-state index in [9.17, 15) is 10.2 Å². The molecular formula is C12H11Cl3N2O3. The fraction of sp³-hybridized carbons (Fsp3) is 0.417. The number of imidazole rings is 1. The molecule has 3 rings (SSSR count). The Hall–Kier alpha value is -0.560. The Labute approximate surface area is 129 Å². The Kier molecular flexibility index (Phi) is 3.61. The minimum atomic E-state index is -1.06. The highest BCUT2D eigenvalue weighted by molar-refractivity contribution is 6.50. The number of nitrogens with one attached hydrogen (secondary N) is 1. The van der Waals surface area contributed by atoms with Gasteiger partial charge in [-0.1, -0.05) is 34.8 Å². The third-order valence-corrected chi connectivity index (χ3v) is 4.66. The molecule has 3 N–H and O–H groups in total. The number of aromatic amines is 1. The molecule has 0 spiro atoms. The lowest BCUT2D eigenvalue weighted by atomic mass is 10.1. The molecule has 0 radical (unpaired) electrons. The zero-order valence-corrected chi connectivity index (χ0v) is 12.5. The average molecular weight is 338 g/mol. The second-order valence-corrected chi connectivity index (χ2v) is 5.91. The summed E-state index contributed by atoms with van der Waals surface area (Å²) in [6, 6.07) is 1.60. The van der Waals surface area contributed by atoms with Gasteiger partial charge in [-0.2, -0.15) is 0 Å². The van der Waals surface area contributed by atoms with Crippen molar-refractivity contribution in [2.45, 2.75) is 31.3 Å². The second-order valence-electron chi connectivity index (χ2n) is 4.75. The van der Waals surface area contributed by atoms with Crippen LogP contribution < -0.4 is 0 Å². The zero-order valence-electron chi connectivity index (χ0n) is 10.3. The summed E-state index contributed by atoms with van der Waals surface area (Å²) in [7, 11) is 0. The molecule has 0 aliphatic carbocycles. The summed E-state index contributed by atoms with van der Waals surface area (Å²) >= 11 is 18.0. The lowest BCUT2D eigenvalue weighted by Gasteiger charge is -2.11. The summed E-state index contributed by atoms with van der Waals surface area (Å²) in [5, 5.41) is 20.5. The molecule has 1 fully saturated rings. The van der Waals surface area contributed by atoms with Crippen molar-refractivity contribution >= 4 is 45.8 Å². The van der Waals surface area contributed by atoms with Gasteiger partial charge in [0.05, 0.1) is 26.7 Å². The van der Waals surface area contributed by atoms with E-state index in [2.05, 4.69) is 9.97 Å². The summed E-state index contributed by atoms with van der Waals surface area (Å²) in [6.07, 6.45) is -3.25. The van der Waals surface area contributed by atoms with E-state index >= 15 is 0 Å². The van der Waals surface area contributed by atoms with Crippen LogP contribution in [0.4, 0.5) is 0 Å². The normalized spacial score (nSPS) is 30.3. The highest BCUT2D eigenvalue weighted by Crippen LogP contribution is 2.38. The van der Waals surface area contributed by atoms with E-state index in [0.717, 1.165) is 0 Å². The number of ether oxygens (including phenoxy) is 1. The molecule has 20 heavy (non-hydrogen) atoms. The Morgan fingerprint density at radius 2 is 1.90 bits per heavy atom. The monoisotopic (exact) mass is 336 g/mol. The van der Waals surface area contributed by atoms with Crippen molar-refractivity contribution in [3.8, 4) is 0 Å². The fourth-order valence-electron chi connectivity index (χ4n) is 2.29. The van der Waals surface area contributed by atoms with Crippen molar-refractivity contribution in [3.63, 3.8) is 0 Å². The number of benzene rings is 1. The predicted octanol–water partition coefficient (Wildman–Crippen LogP) is 2.70. The summed E-state index contributed by atoms with van der Waals surface area (Å²) in [5.41, 5.74) is 1.03. The number of H-pyrrole nitrogens is 1. The van der Waals surface area contributed by atoms with Gasteiger partial charge in [-0.15, -0.1) is 0 Å². The molecular weight excluding hydrogens is 327 g/mol. The van der Waals surface area contributed by atoms with Crippen LogP contribution in [-0.4, -0.2) is 38.5 Å². The van der Waals surface area contributed by atoms with Crippen molar-refractivity contribution in [2.24, 2.45) is 0 Å². The summed E-state index contributed by atoms with van der Waals surface area (Å²) in [6.45, 7) is 1.68. The molecule has 5 nitrogen and oxygen atoms in total. The lowest BCUT2D eigenvalue weighted by Crippen LogP contribution is -2.28. The number of hydrogen-bond donors (Lipinski definition) is 3. The van der Waals surface area contributed by atoms with Gasteiger partial charge in [-0.25, -0.2) is 4.98 Å². The predicted molar refractivity (Wildman–Crippen MR) is 76.4 cm³/mol. The zero-order chi connectivity index (χ0) is 14.6. The van der Waals surface area contributed by atoms with Crippen molar-refractivity contribution in [3.05, 3.63) is 27.0 Å². The topological polar surface area (TPSA) is 78.4 Å². The maximum absolute atomic E-state index is 9.96.